The van der Waals surface area contributed by atoms with E-state index >= 15 is 0 Å². The molecule has 0 radical (unpaired) electrons. The van der Waals surface area contributed by atoms with Crippen molar-refractivity contribution in [1.82, 2.24) is 4.57 Å². The predicted molar refractivity (Wildman–Crippen MR) is 74.6 cm³/mol. The number of nitrogens with two attached hydrogens (primary N) is 1. The Hall–Kier alpha value is -2.10. The molecule has 2 aliphatic rings. The maximum Gasteiger partial charge on any atom is 0.248 e. The maximum atomic E-state index is 11.3. The summed E-state index contributed by atoms with van der Waals surface area (Å²) in [5.41, 5.74) is 8.51. The fourth-order valence-electron chi connectivity index (χ4n) is 2.92. The minimum atomic E-state index is -0.374. The molecule has 96 valence electrons. The van der Waals surface area contributed by atoms with Crippen molar-refractivity contribution in [3.8, 4) is 0 Å². The van der Waals surface area contributed by atoms with Crippen molar-refractivity contribution in [3.05, 3.63) is 35.5 Å². The third-order valence-corrected chi connectivity index (χ3v) is 4.32. The van der Waals surface area contributed by atoms with Gasteiger partial charge < -0.3 is 10.3 Å². The largest absolute Gasteiger partial charge is 0.366 e. The first kappa shape index (κ1) is 10.8. The van der Waals surface area contributed by atoms with E-state index in [1.807, 2.05) is 18.3 Å². The molecule has 1 saturated carbocycles. The second-order valence-electron chi connectivity index (χ2n) is 5.76. The van der Waals surface area contributed by atoms with Crippen LogP contribution in [0.4, 0.5) is 0 Å². The topological polar surface area (TPSA) is 60.4 Å². The summed E-state index contributed by atoms with van der Waals surface area (Å²) in [7, 11) is 0. The molecular weight excluding hydrogens is 238 g/mol. The van der Waals surface area contributed by atoms with E-state index in [2.05, 4.69) is 15.6 Å². The number of hydrogen-bond donors (Lipinski definition) is 1. The van der Waals surface area contributed by atoms with E-state index < -0.39 is 0 Å². The number of amides is 1. The molecule has 4 nitrogen and oxygen atoms in total. The van der Waals surface area contributed by atoms with Crippen molar-refractivity contribution in [2.75, 3.05) is 6.54 Å². The van der Waals surface area contributed by atoms with Crippen molar-refractivity contribution in [2.45, 2.75) is 19.4 Å². The first-order valence-electron chi connectivity index (χ1n) is 6.60. The number of carbonyl (C=O) groups is 1. The van der Waals surface area contributed by atoms with Crippen LogP contribution < -0.4 is 5.73 Å². The highest BCUT2D eigenvalue weighted by molar-refractivity contribution is 5.98. The van der Waals surface area contributed by atoms with Gasteiger partial charge in [0.25, 0.3) is 0 Å². The Bertz CT molecular complexity index is 722. The minimum Gasteiger partial charge on any atom is -0.366 e. The van der Waals surface area contributed by atoms with Gasteiger partial charge in [-0.2, -0.15) is 0 Å². The van der Waals surface area contributed by atoms with Crippen LogP contribution >= 0.6 is 0 Å². The molecule has 1 fully saturated rings. The summed E-state index contributed by atoms with van der Waals surface area (Å²) in [5.74, 6) is -0.374. The first-order valence-corrected chi connectivity index (χ1v) is 6.60. The number of benzene rings is 1. The third-order valence-electron chi connectivity index (χ3n) is 4.32. The van der Waals surface area contributed by atoms with Gasteiger partial charge in [0.2, 0.25) is 5.91 Å². The second kappa shape index (κ2) is 3.47. The van der Waals surface area contributed by atoms with E-state index in [4.69, 9.17) is 5.73 Å². The fourth-order valence-corrected chi connectivity index (χ4v) is 2.92. The Balaban J connectivity index is 1.94. The summed E-state index contributed by atoms with van der Waals surface area (Å²) in [4.78, 5) is 15.9. The van der Waals surface area contributed by atoms with Gasteiger partial charge >= 0.3 is 0 Å². The number of fused-ring (bicyclic) bond motifs is 3. The van der Waals surface area contributed by atoms with Crippen LogP contribution in [0.1, 0.15) is 28.9 Å². The molecule has 19 heavy (non-hydrogen) atoms. The average molecular weight is 253 g/mol. The van der Waals surface area contributed by atoms with Gasteiger partial charge in [0.15, 0.2) is 0 Å². The molecule has 1 aromatic heterocycles. The number of aliphatic imine (C=N–C) groups is 1. The van der Waals surface area contributed by atoms with Crippen molar-refractivity contribution in [3.63, 3.8) is 0 Å². The Kier molecular flexibility index (Phi) is 1.97. The van der Waals surface area contributed by atoms with Gasteiger partial charge in [-0.1, -0.05) is 6.07 Å². The SMILES string of the molecule is NC(=O)c1ccc2cc3n(c2c1)CC1(CC1)CN=C3. The standard InChI is InChI=1S/C15H15N3O/c16-14(19)11-2-1-10-5-12-7-17-8-15(3-4-15)9-18(12)13(10)6-11/h1-2,5-7H,3-4,8-9H2,(H2,16,19). The van der Waals surface area contributed by atoms with Crippen LogP contribution in [0.5, 0.6) is 0 Å². The van der Waals surface area contributed by atoms with Gasteiger partial charge in [-0.15, -0.1) is 0 Å². The van der Waals surface area contributed by atoms with Crippen LogP contribution in [-0.2, 0) is 6.54 Å². The van der Waals surface area contributed by atoms with Crippen LogP contribution in [0.3, 0.4) is 0 Å². The molecule has 2 N–H and O–H groups in total. The van der Waals surface area contributed by atoms with Crippen LogP contribution in [0.2, 0.25) is 0 Å². The molecule has 1 aromatic carbocycles. The van der Waals surface area contributed by atoms with E-state index in [0.29, 0.717) is 11.0 Å². The maximum absolute atomic E-state index is 11.3. The highest BCUT2D eigenvalue weighted by atomic mass is 16.1. The summed E-state index contributed by atoms with van der Waals surface area (Å²) < 4.78 is 2.28. The summed E-state index contributed by atoms with van der Waals surface area (Å²) in [5, 5.41) is 1.14. The van der Waals surface area contributed by atoms with E-state index in [1.54, 1.807) is 6.07 Å². The van der Waals surface area contributed by atoms with Gasteiger partial charge in [0, 0.05) is 41.2 Å². The molecule has 2 aromatic rings. The zero-order valence-corrected chi connectivity index (χ0v) is 10.6. The van der Waals surface area contributed by atoms with Gasteiger partial charge in [-0.25, -0.2) is 0 Å². The van der Waals surface area contributed by atoms with Crippen LogP contribution in [0.15, 0.2) is 29.3 Å². The Morgan fingerprint density at radius 3 is 2.89 bits per heavy atom. The molecular formula is C15H15N3O. The molecule has 1 spiro atoms. The van der Waals surface area contributed by atoms with E-state index in [0.717, 1.165) is 29.7 Å². The number of hydrogen-bond acceptors (Lipinski definition) is 2. The van der Waals surface area contributed by atoms with Gasteiger partial charge in [-0.05, 0) is 31.0 Å². The van der Waals surface area contributed by atoms with Crippen molar-refractivity contribution >= 4 is 23.0 Å². The molecule has 1 aliphatic carbocycles. The zero-order chi connectivity index (χ0) is 13.0. The highest BCUT2D eigenvalue weighted by Crippen LogP contribution is 2.48. The molecule has 4 heteroatoms. The number of aromatic nitrogens is 1. The second-order valence-corrected chi connectivity index (χ2v) is 5.76. The zero-order valence-electron chi connectivity index (χ0n) is 10.6. The number of primary amides is 1. The fraction of sp³-hybridized carbons (Fsp3) is 0.333. The monoisotopic (exact) mass is 253 g/mol. The molecule has 0 bridgehead atoms. The summed E-state index contributed by atoms with van der Waals surface area (Å²) in [6, 6.07) is 7.78. The molecule has 4 rings (SSSR count). The molecule has 1 amide bonds. The number of nitrogens with zero attached hydrogens (tertiary/aromatic N) is 2. The molecule has 0 saturated heterocycles. The molecule has 0 unspecified atom stereocenters. The van der Waals surface area contributed by atoms with E-state index in [9.17, 15) is 4.79 Å². The normalized spacial score (nSPS) is 19.4. The summed E-state index contributed by atoms with van der Waals surface area (Å²) >= 11 is 0. The van der Waals surface area contributed by atoms with Crippen molar-refractivity contribution in [2.24, 2.45) is 16.1 Å². The minimum absolute atomic E-state index is 0.358. The number of rotatable bonds is 1. The van der Waals surface area contributed by atoms with Gasteiger partial charge in [-0.3, -0.25) is 9.79 Å². The summed E-state index contributed by atoms with van der Waals surface area (Å²) in [6.07, 6.45) is 4.45. The quantitative estimate of drug-likeness (QED) is 0.829. The number of carbonyl (C=O) groups excluding carboxylic acids is 1. The third kappa shape index (κ3) is 1.59. The molecule has 2 heterocycles. The lowest BCUT2D eigenvalue weighted by atomic mass is 10.1. The lowest BCUT2D eigenvalue weighted by Gasteiger charge is -2.13. The van der Waals surface area contributed by atoms with E-state index in [-0.39, 0.29) is 5.91 Å². The highest BCUT2D eigenvalue weighted by Gasteiger charge is 2.43. The Labute approximate surface area is 110 Å². The van der Waals surface area contributed by atoms with Crippen LogP contribution in [0, 0.1) is 5.41 Å². The van der Waals surface area contributed by atoms with Gasteiger partial charge in [0.1, 0.15) is 0 Å². The van der Waals surface area contributed by atoms with Crippen LogP contribution in [-0.4, -0.2) is 23.2 Å². The predicted octanol–water partition coefficient (Wildman–Crippen LogP) is 1.95. The smallest absolute Gasteiger partial charge is 0.248 e. The first-order chi connectivity index (χ1) is 9.17. The van der Waals surface area contributed by atoms with Gasteiger partial charge in [0.05, 0.1) is 5.69 Å². The van der Waals surface area contributed by atoms with Crippen LogP contribution in [0.25, 0.3) is 10.9 Å². The van der Waals surface area contributed by atoms with E-state index in [1.165, 1.54) is 12.8 Å². The Morgan fingerprint density at radius 1 is 1.32 bits per heavy atom. The summed E-state index contributed by atoms with van der Waals surface area (Å²) in [6.45, 7) is 1.92. The lowest BCUT2D eigenvalue weighted by Crippen LogP contribution is -2.14. The molecule has 1 aliphatic heterocycles. The van der Waals surface area contributed by atoms with Crippen molar-refractivity contribution in [1.29, 1.82) is 0 Å². The average Bonchev–Trinajstić information content (AvgIpc) is 3.11. The Morgan fingerprint density at radius 2 is 2.16 bits per heavy atom. The van der Waals surface area contributed by atoms with Crippen molar-refractivity contribution < 1.29 is 4.79 Å². The molecule has 0 atom stereocenters. The lowest BCUT2D eigenvalue weighted by molar-refractivity contribution is 0.100.